The maximum Gasteiger partial charge on any atom is 0.198 e. The molecule has 0 saturated heterocycles. The summed E-state index contributed by atoms with van der Waals surface area (Å²) in [5.41, 5.74) is 4.04. The molecular weight excluding hydrogens is 152 g/mol. The Hall–Kier alpha value is -1.35. The maximum absolute atomic E-state index is 4.79. The first kappa shape index (κ1) is 7.31. The molecule has 1 aliphatic rings. The molecule has 0 amide bonds. The topological polar surface area (TPSA) is 33.6 Å². The Morgan fingerprint density at radius 3 is 2.83 bits per heavy atom. The van der Waals surface area contributed by atoms with Crippen molar-refractivity contribution >= 4 is 6.40 Å². The Kier molecular flexibility index (Phi) is 2.05. The summed E-state index contributed by atoms with van der Waals surface area (Å²) in [5.74, 6) is 0. The highest BCUT2D eigenvalue weighted by Gasteiger charge is 2.10. The maximum atomic E-state index is 4.79. The summed E-state index contributed by atoms with van der Waals surface area (Å²) in [4.78, 5) is 8.86. The molecule has 62 valence electrons. The molecule has 0 radical (unpaired) electrons. The number of hydroxylamine groups is 1. The molecule has 0 aromatic heterocycles. The van der Waals surface area contributed by atoms with Crippen molar-refractivity contribution in [3.05, 3.63) is 35.9 Å². The molecule has 0 fully saturated rings. The third-order valence-electron chi connectivity index (χ3n) is 1.77. The number of hydrogen-bond acceptors (Lipinski definition) is 3. The van der Waals surface area contributed by atoms with Crippen LogP contribution in [0.4, 0.5) is 0 Å². The second-order valence-electron chi connectivity index (χ2n) is 2.70. The van der Waals surface area contributed by atoms with Crippen molar-refractivity contribution in [1.29, 1.82) is 0 Å². The molecule has 0 bridgehead atoms. The molecule has 1 heterocycles. The second-order valence-corrected chi connectivity index (χ2v) is 2.70. The van der Waals surface area contributed by atoms with Crippen molar-refractivity contribution in [2.75, 3.05) is 0 Å². The van der Waals surface area contributed by atoms with Crippen LogP contribution in [0.15, 0.2) is 35.3 Å². The van der Waals surface area contributed by atoms with Gasteiger partial charge in [-0.25, -0.2) is 4.99 Å². The quantitative estimate of drug-likeness (QED) is 0.707. The van der Waals surface area contributed by atoms with E-state index in [0.717, 1.165) is 6.42 Å². The van der Waals surface area contributed by atoms with E-state index in [4.69, 9.17) is 4.84 Å². The summed E-state index contributed by atoms with van der Waals surface area (Å²) in [6.07, 6.45) is 2.39. The zero-order chi connectivity index (χ0) is 8.23. The van der Waals surface area contributed by atoms with Gasteiger partial charge in [-0.1, -0.05) is 30.3 Å². The lowest BCUT2D eigenvalue weighted by Crippen LogP contribution is -2.22. The fourth-order valence-electron chi connectivity index (χ4n) is 1.18. The van der Waals surface area contributed by atoms with Crippen molar-refractivity contribution in [3.63, 3.8) is 0 Å². The summed E-state index contributed by atoms with van der Waals surface area (Å²) >= 11 is 0. The minimum atomic E-state index is 0.0763. The Labute approximate surface area is 71.0 Å². The first-order chi connectivity index (χ1) is 5.95. The first-order valence-electron chi connectivity index (χ1n) is 3.92. The van der Waals surface area contributed by atoms with Gasteiger partial charge in [0, 0.05) is 6.42 Å². The minimum absolute atomic E-state index is 0.0763. The number of nitrogens with one attached hydrogen (secondary N) is 1. The molecule has 1 aromatic carbocycles. The molecule has 1 N–H and O–H groups in total. The highest BCUT2D eigenvalue weighted by Crippen LogP contribution is 2.05. The standard InChI is InChI=1S/C9H10N2O/c1-2-4-8(5-3-1)6-9-10-7-12-11-9/h1-5,7,9,11H,6H2. The number of rotatable bonds is 2. The SMILES string of the molecule is C1=NC(Cc2ccccc2)NO1. The third kappa shape index (κ3) is 1.62. The van der Waals surface area contributed by atoms with Gasteiger partial charge in [-0.2, -0.15) is 0 Å². The van der Waals surface area contributed by atoms with E-state index in [2.05, 4.69) is 22.6 Å². The van der Waals surface area contributed by atoms with Crippen LogP contribution in [0.5, 0.6) is 0 Å². The van der Waals surface area contributed by atoms with E-state index < -0.39 is 0 Å². The number of benzene rings is 1. The van der Waals surface area contributed by atoms with Crippen LogP contribution in [0.3, 0.4) is 0 Å². The highest BCUT2D eigenvalue weighted by atomic mass is 16.7. The monoisotopic (exact) mass is 162 g/mol. The molecule has 0 aliphatic carbocycles. The Balaban J connectivity index is 1.99. The lowest BCUT2D eigenvalue weighted by atomic mass is 10.1. The number of nitrogens with zero attached hydrogens (tertiary/aromatic N) is 1. The molecule has 0 saturated carbocycles. The summed E-state index contributed by atoms with van der Waals surface area (Å²) in [6, 6.07) is 10.2. The Morgan fingerprint density at radius 2 is 2.17 bits per heavy atom. The van der Waals surface area contributed by atoms with Gasteiger partial charge in [0.05, 0.1) is 0 Å². The van der Waals surface area contributed by atoms with E-state index in [1.165, 1.54) is 12.0 Å². The number of aliphatic imine (C=N–C) groups is 1. The van der Waals surface area contributed by atoms with Gasteiger partial charge in [0.1, 0.15) is 6.17 Å². The zero-order valence-corrected chi connectivity index (χ0v) is 6.60. The molecule has 3 nitrogen and oxygen atoms in total. The fraction of sp³-hybridized carbons (Fsp3) is 0.222. The van der Waals surface area contributed by atoms with Crippen LogP contribution in [0.1, 0.15) is 5.56 Å². The van der Waals surface area contributed by atoms with Crippen molar-refractivity contribution in [3.8, 4) is 0 Å². The van der Waals surface area contributed by atoms with Gasteiger partial charge in [0.2, 0.25) is 0 Å². The predicted octanol–water partition coefficient (Wildman–Crippen LogP) is 1.12. The summed E-state index contributed by atoms with van der Waals surface area (Å²) in [7, 11) is 0. The lowest BCUT2D eigenvalue weighted by molar-refractivity contribution is 0.187. The highest BCUT2D eigenvalue weighted by molar-refractivity contribution is 5.48. The van der Waals surface area contributed by atoms with Gasteiger partial charge in [0.15, 0.2) is 6.40 Å². The Morgan fingerprint density at radius 1 is 1.33 bits per heavy atom. The molecule has 1 atom stereocenters. The average Bonchev–Trinajstić information content (AvgIpc) is 2.59. The smallest absolute Gasteiger partial charge is 0.198 e. The van der Waals surface area contributed by atoms with Crippen LogP contribution < -0.4 is 5.48 Å². The van der Waals surface area contributed by atoms with Crippen LogP contribution in [-0.4, -0.2) is 12.6 Å². The molecule has 12 heavy (non-hydrogen) atoms. The van der Waals surface area contributed by atoms with Gasteiger partial charge in [-0.15, -0.1) is 5.48 Å². The summed E-state index contributed by atoms with van der Waals surface area (Å²) in [5, 5.41) is 0. The second kappa shape index (κ2) is 3.36. The van der Waals surface area contributed by atoms with Gasteiger partial charge >= 0.3 is 0 Å². The molecule has 2 rings (SSSR count). The normalized spacial score (nSPS) is 20.8. The van der Waals surface area contributed by atoms with Gasteiger partial charge in [-0.05, 0) is 5.56 Å². The fourth-order valence-corrected chi connectivity index (χ4v) is 1.18. The zero-order valence-electron chi connectivity index (χ0n) is 6.60. The van der Waals surface area contributed by atoms with Crippen LogP contribution >= 0.6 is 0 Å². The average molecular weight is 162 g/mol. The van der Waals surface area contributed by atoms with Crippen LogP contribution in [0, 0.1) is 0 Å². The molecule has 1 aliphatic heterocycles. The van der Waals surface area contributed by atoms with E-state index >= 15 is 0 Å². The van der Waals surface area contributed by atoms with E-state index in [9.17, 15) is 0 Å². The third-order valence-corrected chi connectivity index (χ3v) is 1.77. The predicted molar refractivity (Wildman–Crippen MR) is 46.6 cm³/mol. The van der Waals surface area contributed by atoms with Crippen molar-refractivity contribution in [1.82, 2.24) is 5.48 Å². The molecule has 0 spiro atoms. The molecular formula is C9H10N2O. The van der Waals surface area contributed by atoms with Crippen LogP contribution in [-0.2, 0) is 11.3 Å². The van der Waals surface area contributed by atoms with Crippen molar-refractivity contribution in [2.45, 2.75) is 12.6 Å². The minimum Gasteiger partial charge on any atom is -0.395 e. The van der Waals surface area contributed by atoms with Gasteiger partial charge in [-0.3, -0.25) is 0 Å². The summed E-state index contributed by atoms with van der Waals surface area (Å²) < 4.78 is 0. The van der Waals surface area contributed by atoms with Crippen molar-refractivity contribution in [2.24, 2.45) is 4.99 Å². The molecule has 1 aromatic rings. The van der Waals surface area contributed by atoms with E-state index in [0.29, 0.717) is 0 Å². The molecule has 1 unspecified atom stereocenters. The van der Waals surface area contributed by atoms with Crippen LogP contribution in [0.2, 0.25) is 0 Å². The Bertz CT molecular complexity index is 271. The number of hydrogen-bond donors (Lipinski definition) is 1. The van der Waals surface area contributed by atoms with Crippen LogP contribution in [0.25, 0.3) is 0 Å². The van der Waals surface area contributed by atoms with E-state index in [-0.39, 0.29) is 6.17 Å². The lowest BCUT2D eigenvalue weighted by Gasteiger charge is -2.05. The van der Waals surface area contributed by atoms with E-state index in [1.54, 1.807) is 0 Å². The summed E-state index contributed by atoms with van der Waals surface area (Å²) in [6.45, 7) is 0. The van der Waals surface area contributed by atoms with Gasteiger partial charge < -0.3 is 4.84 Å². The first-order valence-corrected chi connectivity index (χ1v) is 3.92. The largest absolute Gasteiger partial charge is 0.395 e. The van der Waals surface area contributed by atoms with E-state index in [1.807, 2.05) is 18.2 Å². The van der Waals surface area contributed by atoms with Crippen molar-refractivity contribution < 1.29 is 4.84 Å². The van der Waals surface area contributed by atoms with Gasteiger partial charge in [0.25, 0.3) is 0 Å². The molecule has 3 heteroatoms.